The van der Waals surface area contributed by atoms with Crippen molar-refractivity contribution in [1.29, 1.82) is 0 Å². The van der Waals surface area contributed by atoms with Crippen LogP contribution in [0.5, 0.6) is 0 Å². The molecule has 1 N–H and O–H groups in total. The fourth-order valence-corrected chi connectivity index (χ4v) is 1.42. The number of rotatable bonds is 6. The first-order chi connectivity index (χ1) is 7.51. The minimum Gasteiger partial charge on any atom is -0.380 e. The summed E-state index contributed by atoms with van der Waals surface area (Å²) < 4.78 is 7.50. The molecule has 0 radical (unpaired) electrons. The van der Waals surface area contributed by atoms with Gasteiger partial charge < -0.3 is 14.6 Å². The van der Waals surface area contributed by atoms with Crippen molar-refractivity contribution in [2.24, 2.45) is 0 Å². The molecule has 0 saturated carbocycles. The van der Waals surface area contributed by atoms with Crippen LogP contribution in [-0.2, 0) is 17.8 Å². The topological polar surface area (TPSA) is 26.2 Å². The number of hydrogen-bond donors (Lipinski definition) is 1. The first-order valence-corrected chi connectivity index (χ1v) is 5.98. The lowest BCUT2D eigenvalue weighted by molar-refractivity contribution is 0.139. The quantitative estimate of drug-likeness (QED) is 0.751. The smallest absolute Gasteiger partial charge is 0.0645 e. The first kappa shape index (κ1) is 13.3. The molecule has 3 heteroatoms. The lowest BCUT2D eigenvalue weighted by atomic mass is 10.1. The van der Waals surface area contributed by atoms with Gasteiger partial charge in [0, 0.05) is 37.6 Å². The lowest BCUT2D eigenvalue weighted by Crippen LogP contribution is -2.34. The molecule has 1 rings (SSSR count). The Bertz CT molecular complexity index is 299. The summed E-state index contributed by atoms with van der Waals surface area (Å²) in [6, 6.07) is 2.16. The number of nitrogens with one attached hydrogen (secondary N) is 1. The van der Waals surface area contributed by atoms with Gasteiger partial charge in [-0.25, -0.2) is 0 Å². The second-order valence-electron chi connectivity index (χ2n) is 5.06. The molecule has 0 aromatic carbocycles. The Morgan fingerprint density at radius 2 is 2.12 bits per heavy atom. The monoisotopic (exact) mass is 224 g/mol. The zero-order chi connectivity index (χ0) is 12.0. The Morgan fingerprint density at radius 3 is 2.75 bits per heavy atom. The summed E-state index contributed by atoms with van der Waals surface area (Å²) >= 11 is 0. The van der Waals surface area contributed by atoms with Gasteiger partial charge in [0.05, 0.1) is 6.61 Å². The van der Waals surface area contributed by atoms with Crippen LogP contribution < -0.4 is 5.32 Å². The van der Waals surface area contributed by atoms with Crippen LogP contribution in [0.2, 0.25) is 0 Å². The molecule has 0 fully saturated rings. The summed E-state index contributed by atoms with van der Waals surface area (Å²) in [5, 5.41) is 3.47. The van der Waals surface area contributed by atoms with E-state index in [4.69, 9.17) is 4.74 Å². The summed E-state index contributed by atoms with van der Waals surface area (Å²) in [4.78, 5) is 0. The van der Waals surface area contributed by atoms with Gasteiger partial charge in [0.15, 0.2) is 0 Å². The zero-order valence-electron chi connectivity index (χ0n) is 10.9. The SMILES string of the molecule is CCOCCn1ccc(CNC(C)(C)C)c1. The first-order valence-electron chi connectivity index (χ1n) is 5.98. The highest BCUT2D eigenvalue weighted by Crippen LogP contribution is 2.05. The van der Waals surface area contributed by atoms with Crippen molar-refractivity contribution in [3.05, 3.63) is 24.0 Å². The maximum Gasteiger partial charge on any atom is 0.0645 e. The van der Waals surface area contributed by atoms with E-state index < -0.39 is 0 Å². The molecule has 0 aliphatic carbocycles. The number of aromatic nitrogens is 1. The van der Waals surface area contributed by atoms with Gasteiger partial charge in [0.25, 0.3) is 0 Å². The predicted molar refractivity (Wildman–Crippen MR) is 67.5 cm³/mol. The fourth-order valence-electron chi connectivity index (χ4n) is 1.42. The van der Waals surface area contributed by atoms with Crippen molar-refractivity contribution in [3.8, 4) is 0 Å². The molecule has 1 aromatic rings. The lowest BCUT2D eigenvalue weighted by Gasteiger charge is -2.19. The van der Waals surface area contributed by atoms with Crippen LogP contribution in [0.4, 0.5) is 0 Å². The molecule has 92 valence electrons. The Morgan fingerprint density at radius 1 is 1.38 bits per heavy atom. The maximum absolute atomic E-state index is 5.32. The summed E-state index contributed by atoms with van der Waals surface area (Å²) in [7, 11) is 0. The van der Waals surface area contributed by atoms with E-state index in [9.17, 15) is 0 Å². The van der Waals surface area contributed by atoms with Gasteiger partial charge in [-0.3, -0.25) is 0 Å². The highest BCUT2D eigenvalue weighted by atomic mass is 16.5. The van der Waals surface area contributed by atoms with Gasteiger partial charge in [-0.05, 0) is 39.3 Å². The van der Waals surface area contributed by atoms with Crippen LogP contribution >= 0.6 is 0 Å². The van der Waals surface area contributed by atoms with E-state index in [1.54, 1.807) is 0 Å². The van der Waals surface area contributed by atoms with Crippen LogP contribution in [0.1, 0.15) is 33.3 Å². The largest absolute Gasteiger partial charge is 0.380 e. The third-order valence-electron chi connectivity index (χ3n) is 2.33. The summed E-state index contributed by atoms with van der Waals surface area (Å²) in [6.45, 7) is 12.0. The molecule has 0 spiro atoms. The van der Waals surface area contributed by atoms with Gasteiger partial charge in [-0.15, -0.1) is 0 Å². The van der Waals surface area contributed by atoms with E-state index in [2.05, 4.69) is 49.1 Å². The van der Waals surface area contributed by atoms with E-state index >= 15 is 0 Å². The van der Waals surface area contributed by atoms with E-state index in [1.807, 2.05) is 6.92 Å². The standard InChI is InChI=1S/C13H24N2O/c1-5-16-9-8-15-7-6-12(11-15)10-14-13(2,3)4/h6-7,11,14H,5,8-10H2,1-4H3. The molecular weight excluding hydrogens is 200 g/mol. The van der Waals surface area contributed by atoms with Crippen molar-refractivity contribution in [2.75, 3.05) is 13.2 Å². The van der Waals surface area contributed by atoms with Crippen LogP contribution in [0, 0.1) is 0 Å². The minimum absolute atomic E-state index is 0.174. The number of hydrogen-bond acceptors (Lipinski definition) is 2. The molecule has 0 bridgehead atoms. The zero-order valence-corrected chi connectivity index (χ0v) is 10.9. The van der Waals surface area contributed by atoms with Crippen LogP contribution in [0.3, 0.4) is 0 Å². The predicted octanol–water partition coefficient (Wildman–Crippen LogP) is 2.41. The second kappa shape index (κ2) is 6.06. The van der Waals surface area contributed by atoms with Crippen molar-refractivity contribution < 1.29 is 4.74 Å². The summed E-state index contributed by atoms with van der Waals surface area (Å²) in [5.41, 5.74) is 1.50. The molecule has 0 aliphatic heterocycles. The van der Waals surface area contributed by atoms with Gasteiger partial charge in [-0.1, -0.05) is 0 Å². The highest BCUT2D eigenvalue weighted by molar-refractivity contribution is 5.10. The number of ether oxygens (including phenoxy) is 1. The molecule has 3 nitrogen and oxygen atoms in total. The van der Waals surface area contributed by atoms with E-state index in [-0.39, 0.29) is 5.54 Å². The summed E-state index contributed by atoms with van der Waals surface area (Å²) in [5.74, 6) is 0. The van der Waals surface area contributed by atoms with Crippen LogP contribution in [0.15, 0.2) is 18.5 Å². The molecule has 0 unspecified atom stereocenters. The summed E-state index contributed by atoms with van der Waals surface area (Å²) in [6.07, 6.45) is 4.29. The molecule has 0 atom stereocenters. The number of nitrogens with zero attached hydrogens (tertiary/aromatic N) is 1. The molecule has 0 amide bonds. The van der Waals surface area contributed by atoms with Gasteiger partial charge in [0.1, 0.15) is 0 Å². The van der Waals surface area contributed by atoms with Crippen molar-refractivity contribution in [1.82, 2.24) is 9.88 Å². The molecule has 0 saturated heterocycles. The van der Waals surface area contributed by atoms with E-state index in [0.29, 0.717) is 0 Å². The van der Waals surface area contributed by atoms with Crippen molar-refractivity contribution in [2.45, 2.75) is 46.3 Å². The normalized spacial score (nSPS) is 12.0. The van der Waals surface area contributed by atoms with Gasteiger partial charge in [0.2, 0.25) is 0 Å². The Balaban J connectivity index is 2.33. The fraction of sp³-hybridized carbons (Fsp3) is 0.692. The third kappa shape index (κ3) is 5.33. The molecule has 1 heterocycles. The molecule has 16 heavy (non-hydrogen) atoms. The molecule has 1 aromatic heterocycles. The van der Waals surface area contributed by atoms with Crippen molar-refractivity contribution in [3.63, 3.8) is 0 Å². The third-order valence-corrected chi connectivity index (χ3v) is 2.33. The Kier molecular flexibility index (Phi) is 5.03. The Labute approximate surface area is 98.8 Å². The molecule has 0 aliphatic rings. The second-order valence-corrected chi connectivity index (χ2v) is 5.06. The van der Waals surface area contributed by atoms with E-state index in [0.717, 1.165) is 26.3 Å². The van der Waals surface area contributed by atoms with E-state index in [1.165, 1.54) is 5.56 Å². The Hall–Kier alpha value is -0.800. The highest BCUT2D eigenvalue weighted by Gasteiger charge is 2.08. The van der Waals surface area contributed by atoms with Crippen LogP contribution in [0.25, 0.3) is 0 Å². The average molecular weight is 224 g/mol. The minimum atomic E-state index is 0.174. The average Bonchev–Trinajstić information content (AvgIpc) is 2.62. The van der Waals surface area contributed by atoms with Crippen LogP contribution in [-0.4, -0.2) is 23.3 Å². The van der Waals surface area contributed by atoms with Crippen molar-refractivity contribution >= 4 is 0 Å². The van der Waals surface area contributed by atoms with Gasteiger partial charge in [-0.2, -0.15) is 0 Å². The maximum atomic E-state index is 5.32. The molecular formula is C13H24N2O. The van der Waals surface area contributed by atoms with Gasteiger partial charge >= 0.3 is 0 Å².